The number of rotatable bonds is 4. The Hall–Kier alpha value is -1.19. The molecule has 0 unspecified atom stereocenters. The summed E-state index contributed by atoms with van der Waals surface area (Å²) in [6.45, 7) is 11.7. The summed E-state index contributed by atoms with van der Waals surface area (Å²) in [5.41, 5.74) is 7.47. The molecule has 0 radical (unpaired) electrons. The number of ether oxygens (including phenoxy) is 1. The zero-order valence-corrected chi connectivity index (χ0v) is 12.9. The largest absolute Gasteiger partial charge is 0.508 e. The van der Waals surface area contributed by atoms with Crippen LogP contribution in [-0.4, -0.2) is 10.7 Å². The topological polar surface area (TPSA) is 55.5 Å². The molecule has 0 spiro atoms. The van der Waals surface area contributed by atoms with Crippen LogP contribution in [0.5, 0.6) is 11.5 Å². The fraction of sp³-hybridized carbons (Fsp3) is 0.467. The molecule has 0 fully saturated rings. The third-order valence-corrected chi connectivity index (χ3v) is 2.39. The van der Waals surface area contributed by atoms with Crippen LogP contribution in [0.15, 0.2) is 30.4 Å². The summed E-state index contributed by atoms with van der Waals surface area (Å²) in [5.74, 6) is 0.914. The van der Waals surface area contributed by atoms with Crippen molar-refractivity contribution in [2.75, 3.05) is 0 Å². The SMILES string of the molecule is C=C(C)C[C@@H](N)c1cc(OC(C)(C)C)ccc1O.Cl. The minimum Gasteiger partial charge on any atom is -0.508 e. The molecule has 3 N–H and O–H groups in total. The lowest BCUT2D eigenvalue weighted by atomic mass is 10.00. The summed E-state index contributed by atoms with van der Waals surface area (Å²) < 4.78 is 5.76. The van der Waals surface area contributed by atoms with Crippen molar-refractivity contribution >= 4 is 12.4 Å². The highest BCUT2D eigenvalue weighted by molar-refractivity contribution is 5.85. The molecule has 19 heavy (non-hydrogen) atoms. The number of hydrogen-bond acceptors (Lipinski definition) is 3. The third-order valence-electron chi connectivity index (χ3n) is 2.39. The van der Waals surface area contributed by atoms with E-state index in [1.54, 1.807) is 18.2 Å². The average Bonchev–Trinajstić information content (AvgIpc) is 2.17. The van der Waals surface area contributed by atoms with E-state index in [1.165, 1.54) is 0 Å². The molecule has 0 bridgehead atoms. The lowest BCUT2D eigenvalue weighted by molar-refractivity contribution is 0.130. The molecule has 0 heterocycles. The van der Waals surface area contributed by atoms with E-state index in [4.69, 9.17) is 10.5 Å². The molecule has 1 atom stereocenters. The molecule has 108 valence electrons. The predicted octanol–water partition coefficient (Wildman–Crippen LogP) is 3.96. The van der Waals surface area contributed by atoms with E-state index in [0.717, 1.165) is 5.57 Å². The van der Waals surface area contributed by atoms with Gasteiger partial charge in [-0.2, -0.15) is 0 Å². The van der Waals surface area contributed by atoms with Crippen LogP contribution in [0.3, 0.4) is 0 Å². The summed E-state index contributed by atoms with van der Waals surface area (Å²) in [6.07, 6.45) is 0.645. The standard InChI is InChI=1S/C15H23NO2.ClH/c1-10(2)8-13(16)12-9-11(6-7-14(12)17)18-15(3,4)5;/h6-7,9,13,17H,1,8,16H2,2-5H3;1H/t13-;/m1./s1. The molecule has 0 aliphatic heterocycles. The van der Waals surface area contributed by atoms with Gasteiger partial charge in [-0.1, -0.05) is 5.57 Å². The molecule has 1 aromatic rings. The minimum atomic E-state index is -0.271. The zero-order chi connectivity index (χ0) is 13.9. The van der Waals surface area contributed by atoms with Crippen molar-refractivity contribution in [2.24, 2.45) is 5.73 Å². The zero-order valence-electron chi connectivity index (χ0n) is 12.1. The van der Waals surface area contributed by atoms with Crippen molar-refractivity contribution < 1.29 is 9.84 Å². The second kappa shape index (κ2) is 6.83. The van der Waals surface area contributed by atoms with E-state index in [9.17, 15) is 5.11 Å². The summed E-state index contributed by atoms with van der Waals surface area (Å²) in [6, 6.07) is 4.91. The average molecular weight is 286 g/mol. The van der Waals surface area contributed by atoms with Gasteiger partial charge >= 0.3 is 0 Å². The highest BCUT2D eigenvalue weighted by atomic mass is 35.5. The van der Waals surface area contributed by atoms with Crippen LogP contribution in [0.25, 0.3) is 0 Å². The quantitative estimate of drug-likeness (QED) is 0.824. The van der Waals surface area contributed by atoms with Crippen molar-refractivity contribution in [1.82, 2.24) is 0 Å². The smallest absolute Gasteiger partial charge is 0.120 e. The third kappa shape index (κ3) is 5.99. The number of hydrogen-bond donors (Lipinski definition) is 2. The molecular weight excluding hydrogens is 262 g/mol. The minimum absolute atomic E-state index is 0. The Morgan fingerprint density at radius 1 is 1.42 bits per heavy atom. The number of phenolic OH excluding ortho intramolecular Hbond substituents is 1. The first-order chi connectivity index (χ1) is 8.19. The summed E-state index contributed by atoms with van der Waals surface area (Å²) in [5, 5.41) is 9.85. The molecule has 0 saturated carbocycles. The molecule has 0 aromatic heterocycles. The molecule has 0 amide bonds. The fourth-order valence-corrected chi connectivity index (χ4v) is 1.73. The van der Waals surface area contributed by atoms with E-state index in [-0.39, 0.29) is 29.8 Å². The summed E-state index contributed by atoms with van der Waals surface area (Å²) in [7, 11) is 0. The van der Waals surface area contributed by atoms with E-state index in [0.29, 0.717) is 17.7 Å². The van der Waals surface area contributed by atoms with Crippen LogP contribution in [0.1, 0.15) is 45.7 Å². The highest BCUT2D eigenvalue weighted by Gasteiger charge is 2.16. The molecule has 1 aromatic carbocycles. The Morgan fingerprint density at radius 3 is 2.47 bits per heavy atom. The number of aromatic hydroxyl groups is 1. The van der Waals surface area contributed by atoms with Crippen molar-refractivity contribution in [3.63, 3.8) is 0 Å². The van der Waals surface area contributed by atoms with Gasteiger partial charge in [-0.3, -0.25) is 0 Å². The van der Waals surface area contributed by atoms with Gasteiger partial charge in [0, 0.05) is 11.6 Å². The van der Waals surface area contributed by atoms with Gasteiger partial charge in [-0.15, -0.1) is 19.0 Å². The molecule has 0 saturated heterocycles. The second-order valence-electron chi connectivity index (χ2n) is 5.70. The molecule has 4 heteroatoms. The summed E-state index contributed by atoms with van der Waals surface area (Å²) in [4.78, 5) is 0. The van der Waals surface area contributed by atoms with E-state index < -0.39 is 0 Å². The van der Waals surface area contributed by atoms with Crippen LogP contribution in [0.2, 0.25) is 0 Å². The number of nitrogens with two attached hydrogens (primary N) is 1. The second-order valence-corrected chi connectivity index (χ2v) is 5.70. The Labute approximate surface area is 121 Å². The summed E-state index contributed by atoms with van der Waals surface area (Å²) >= 11 is 0. The van der Waals surface area contributed by atoms with Crippen molar-refractivity contribution in [3.05, 3.63) is 35.9 Å². The lowest BCUT2D eigenvalue weighted by Gasteiger charge is -2.23. The van der Waals surface area contributed by atoms with Gasteiger partial charge in [0.15, 0.2) is 0 Å². The van der Waals surface area contributed by atoms with E-state index in [2.05, 4.69) is 6.58 Å². The highest BCUT2D eigenvalue weighted by Crippen LogP contribution is 2.31. The van der Waals surface area contributed by atoms with Gasteiger partial charge in [0.2, 0.25) is 0 Å². The van der Waals surface area contributed by atoms with E-state index in [1.807, 2.05) is 27.7 Å². The monoisotopic (exact) mass is 285 g/mol. The first-order valence-electron chi connectivity index (χ1n) is 6.11. The van der Waals surface area contributed by atoms with Crippen molar-refractivity contribution in [3.8, 4) is 11.5 Å². The maximum absolute atomic E-state index is 9.85. The van der Waals surface area contributed by atoms with Gasteiger partial charge in [-0.25, -0.2) is 0 Å². The Kier molecular flexibility index (Phi) is 6.40. The molecule has 3 nitrogen and oxygen atoms in total. The molecule has 0 aliphatic rings. The number of benzene rings is 1. The maximum Gasteiger partial charge on any atom is 0.120 e. The molecule has 1 rings (SSSR count). The number of phenols is 1. The van der Waals surface area contributed by atoms with Crippen molar-refractivity contribution in [1.29, 1.82) is 0 Å². The van der Waals surface area contributed by atoms with Crippen LogP contribution >= 0.6 is 12.4 Å². The molecule has 0 aliphatic carbocycles. The van der Waals surface area contributed by atoms with Crippen LogP contribution in [-0.2, 0) is 0 Å². The maximum atomic E-state index is 9.85. The van der Waals surface area contributed by atoms with Gasteiger partial charge in [-0.05, 0) is 52.3 Å². The molecular formula is C15H24ClNO2. The van der Waals surface area contributed by atoms with Gasteiger partial charge in [0.1, 0.15) is 17.1 Å². The first-order valence-corrected chi connectivity index (χ1v) is 6.11. The van der Waals surface area contributed by atoms with Gasteiger partial charge < -0.3 is 15.6 Å². The van der Waals surface area contributed by atoms with Crippen LogP contribution < -0.4 is 10.5 Å². The van der Waals surface area contributed by atoms with Crippen LogP contribution in [0, 0.1) is 0 Å². The van der Waals surface area contributed by atoms with E-state index >= 15 is 0 Å². The Balaban J connectivity index is 0.00000324. The first kappa shape index (κ1) is 17.8. The predicted molar refractivity (Wildman–Crippen MR) is 82.1 cm³/mol. The van der Waals surface area contributed by atoms with Crippen molar-refractivity contribution in [2.45, 2.75) is 45.8 Å². The van der Waals surface area contributed by atoms with Crippen LogP contribution in [0.4, 0.5) is 0 Å². The van der Waals surface area contributed by atoms with Gasteiger partial charge in [0.25, 0.3) is 0 Å². The Morgan fingerprint density at radius 2 is 2.00 bits per heavy atom. The fourth-order valence-electron chi connectivity index (χ4n) is 1.73. The number of halogens is 1. The normalized spacial score (nSPS) is 12.5. The lowest BCUT2D eigenvalue weighted by Crippen LogP contribution is -2.23. The Bertz CT molecular complexity index is 438. The van der Waals surface area contributed by atoms with Gasteiger partial charge in [0.05, 0.1) is 0 Å².